The number of carbonyl (C=O) groups excluding carboxylic acids is 3. The summed E-state index contributed by atoms with van der Waals surface area (Å²) in [4.78, 5) is 40.2. The fourth-order valence-electron chi connectivity index (χ4n) is 3.08. The second-order valence-corrected chi connectivity index (χ2v) is 8.58. The number of nitrogens with one attached hydrogen (secondary N) is 3. The number of hydrogen-bond acceptors (Lipinski definition) is 6. The summed E-state index contributed by atoms with van der Waals surface area (Å²) in [6.45, 7) is 3.53. The van der Waals surface area contributed by atoms with Gasteiger partial charge in [-0.25, -0.2) is 4.98 Å². The molecule has 0 aliphatic carbocycles. The predicted octanol–water partition coefficient (Wildman–Crippen LogP) is 2.69. The first-order valence-corrected chi connectivity index (χ1v) is 11.6. The summed E-state index contributed by atoms with van der Waals surface area (Å²) in [5, 5.41) is 18.4. The first kappa shape index (κ1) is 25.0. The minimum Gasteiger partial charge on any atom is -0.390 e. The lowest BCUT2D eigenvalue weighted by atomic mass is 10.1. The fraction of sp³-hybridized carbons (Fsp3) is 0.250. The number of thioether (sulfide) groups is 1. The largest absolute Gasteiger partial charge is 0.390 e. The lowest BCUT2D eigenvalue weighted by Gasteiger charge is -2.12. The van der Waals surface area contributed by atoms with E-state index in [1.807, 2.05) is 31.2 Å². The zero-order valence-corrected chi connectivity index (χ0v) is 19.8. The normalized spacial score (nSPS) is 10.6. The molecule has 0 spiro atoms. The molecule has 2 aromatic carbocycles. The van der Waals surface area contributed by atoms with E-state index >= 15 is 0 Å². The topological polar surface area (TPSA) is 125 Å². The third-order valence-electron chi connectivity index (χ3n) is 4.80. The molecule has 9 nitrogen and oxygen atoms in total. The van der Waals surface area contributed by atoms with Crippen LogP contribution in [0.4, 0.5) is 11.4 Å². The van der Waals surface area contributed by atoms with Crippen LogP contribution in [0.2, 0.25) is 0 Å². The molecule has 0 bridgehead atoms. The first-order chi connectivity index (χ1) is 16.3. The Balaban J connectivity index is 1.54. The molecule has 0 aliphatic heterocycles. The van der Waals surface area contributed by atoms with Gasteiger partial charge in [0.25, 0.3) is 0 Å². The van der Waals surface area contributed by atoms with Crippen LogP contribution in [-0.2, 0) is 34.1 Å². The van der Waals surface area contributed by atoms with Crippen LogP contribution in [0.3, 0.4) is 0 Å². The molecule has 3 amide bonds. The van der Waals surface area contributed by atoms with Crippen molar-refractivity contribution in [2.75, 3.05) is 16.4 Å². The number of aliphatic hydroxyl groups is 1. The molecule has 3 rings (SSSR count). The zero-order valence-electron chi connectivity index (χ0n) is 19.0. The van der Waals surface area contributed by atoms with Crippen LogP contribution in [0.5, 0.6) is 0 Å². The van der Waals surface area contributed by atoms with Crippen LogP contribution < -0.4 is 16.0 Å². The van der Waals surface area contributed by atoms with Crippen molar-refractivity contribution < 1.29 is 19.5 Å². The molecule has 0 saturated carbocycles. The van der Waals surface area contributed by atoms with E-state index in [4.69, 9.17) is 0 Å². The first-order valence-electron chi connectivity index (χ1n) is 10.6. The summed E-state index contributed by atoms with van der Waals surface area (Å²) >= 11 is 1.17. The van der Waals surface area contributed by atoms with Crippen LogP contribution in [0.15, 0.2) is 59.9 Å². The number of aromatic nitrogens is 2. The summed E-state index contributed by atoms with van der Waals surface area (Å²) in [5.74, 6) is -0.574. The Morgan fingerprint density at radius 1 is 0.971 bits per heavy atom. The predicted molar refractivity (Wildman–Crippen MR) is 131 cm³/mol. The summed E-state index contributed by atoms with van der Waals surface area (Å²) in [6, 6.07) is 14.7. The maximum Gasteiger partial charge on any atom is 0.240 e. The van der Waals surface area contributed by atoms with Crippen molar-refractivity contribution in [3.63, 3.8) is 0 Å². The molecule has 0 aliphatic rings. The molecule has 1 aromatic heterocycles. The number of benzene rings is 2. The SMILES string of the molecule is CC(=O)Nc1ccc(NC(=O)CSc2ncc(CO)n2CC(=O)NCc2ccc(C)cc2)cc1. The Morgan fingerprint density at radius 3 is 2.24 bits per heavy atom. The van der Waals surface area contributed by atoms with Crippen LogP contribution in [0.25, 0.3) is 0 Å². The van der Waals surface area contributed by atoms with Gasteiger partial charge < -0.3 is 25.6 Å². The average Bonchev–Trinajstić information content (AvgIpc) is 3.19. The molecule has 0 radical (unpaired) electrons. The molecule has 34 heavy (non-hydrogen) atoms. The highest BCUT2D eigenvalue weighted by molar-refractivity contribution is 7.99. The second-order valence-electron chi connectivity index (χ2n) is 7.63. The minimum absolute atomic E-state index is 0.0175. The quantitative estimate of drug-likeness (QED) is 0.330. The number of amides is 3. The van der Waals surface area contributed by atoms with E-state index in [0.717, 1.165) is 11.1 Å². The van der Waals surface area contributed by atoms with Crippen LogP contribution in [-0.4, -0.2) is 38.1 Å². The van der Waals surface area contributed by atoms with Crippen LogP contribution in [0, 0.1) is 6.92 Å². The lowest BCUT2D eigenvalue weighted by Crippen LogP contribution is -2.28. The van der Waals surface area contributed by atoms with Crippen molar-refractivity contribution in [3.05, 3.63) is 71.5 Å². The minimum atomic E-state index is -0.272. The third kappa shape index (κ3) is 7.46. The van der Waals surface area contributed by atoms with E-state index in [9.17, 15) is 19.5 Å². The summed E-state index contributed by atoms with van der Waals surface area (Å²) in [5.41, 5.74) is 3.85. The summed E-state index contributed by atoms with van der Waals surface area (Å²) < 4.78 is 1.60. The van der Waals surface area contributed by atoms with Crippen molar-refractivity contribution in [3.8, 4) is 0 Å². The molecule has 10 heteroatoms. The number of aryl methyl sites for hydroxylation is 1. The molecular formula is C24H27N5O4S. The average molecular weight is 482 g/mol. The van der Waals surface area contributed by atoms with Crippen molar-refractivity contribution >= 4 is 40.9 Å². The molecule has 0 atom stereocenters. The van der Waals surface area contributed by atoms with Gasteiger partial charge >= 0.3 is 0 Å². The van der Waals surface area contributed by atoms with E-state index in [1.54, 1.807) is 28.8 Å². The van der Waals surface area contributed by atoms with Gasteiger partial charge in [-0.1, -0.05) is 41.6 Å². The summed E-state index contributed by atoms with van der Waals surface area (Å²) in [7, 11) is 0. The van der Waals surface area contributed by atoms with Crippen LogP contribution in [0.1, 0.15) is 23.7 Å². The zero-order chi connectivity index (χ0) is 24.5. The Bertz CT molecular complexity index is 1140. The molecule has 0 saturated heterocycles. The number of aliphatic hydroxyl groups excluding tert-OH is 1. The molecule has 1 heterocycles. The molecule has 178 valence electrons. The Labute approximate surface area is 202 Å². The van der Waals surface area contributed by atoms with Gasteiger partial charge in [-0.05, 0) is 36.8 Å². The number of nitrogens with zero attached hydrogens (tertiary/aromatic N) is 2. The Hall–Kier alpha value is -3.63. The van der Waals surface area contributed by atoms with Crippen molar-refractivity contribution in [2.45, 2.75) is 38.7 Å². The second kappa shape index (κ2) is 12.0. The van der Waals surface area contributed by atoms with Gasteiger partial charge in [0.15, 0.2) is 5.16 Å². The van der Waals surface area contributed by atoms with Gasteiger partial charge in [-0.2, -0.15) is 0 Å². The van der Waals surface area contributed by atoms with Crippen molar-refractivity contribution in [1.29, 1.82) is 0 Å². The number of hydrogen-bond donors (Lipinski definition) is 4. The van der Waals surface area contributed by atoms with Gasteiger partial charge in [0.1, 0.15) is 6.54 Å². The van der Waals surface area contributed by atoms with Crippen LogP contribution >= 0.6 is 11.8 Å². The number of imidazole rings is 1. The van der Waals surface area contributed by atoms with Gasteiger partial charge in [-0.15, -0.1) is 0 Å². The Morgan fingerprint density at radius 2 is 1.62 bits per heavy atom. The standard InChI is InChI=1S/C24H27N5O4S/c1-16-3-5-18(6-4-16)11-25-22(32)13-29-21(14-30)12-26-24(29)34-15-23(33)28-20-9-7-19(8-10-20)27-17(2)31/h3-10,12,30H,11,13-15H2,1-2H3,(H,25,32)(H,27,31)(H,28,33). The Kier molecular flexibility index (Phi) is 8.83. The number of rotatable bonds is 10. The highest BCUT2D eigenvalue weighted by atomic mass is 32.2. The van der Waals surface area contributed by atoms with Gasteiger partial charge in [0, 0.05) is 24.8 Å². The highest BCUT2D eigenvalue weighted by Gasteiger charge is 2.15. The smallest absolute Gasteiger partial charge is 0.240 e. The van der Waals surface area contributed by atoms with E-state index in [1.165, 1.54) is 24.9 Å². The van der Waals surface area contributed by atoms with E-state index in [-0.39, 0.29) is 36.6 Å². The monoisotopic (exact) mass is 481 g/mol. The van der Waals surface area contributed by atoms with E-state index in [0.29, 0.717) is 28.8 Å². The highest BCUT2D eigenvalue weighted by Crippen LogP contribution is 2.20. The molecule has 3 aromatic rings. The van der Waals surface area contributed by atoms with Gasteiger partial charge in [-0.3, -0.25) is 14.4 Å². The van der Waals surface area contributed by atoms with Crippen molar-refractivity contribution in [1.82, 2.24) is 14.9 Å². The maximum absolute atomic E-state index is 12.5. The number of anilines is 2. The lowest BCUT2D eigenvalue weighted by molar-refractivity contribution is -0.122. The molecule has 0 unspecified atom stereocenters. The van der Waals surface area contributed by atoms with E-state index < -0.39 is 0 Å². The van der Waals surface area contributed by atoms with E-state index in [2.05, 4.69) is 20.9 Å². The summed E-state index contributed by atoms with van der Waals surface area (Å²) in [6.07, 6.45) is 1.49. The number of carbonyl (C=O) groups is 3. The molecule has 0 fully saturated rings. The van der Waals surface area contributed by atoms with Crippen molar-refractivity contribution in [2.24, 2.45) is 0 Å². The third-order valence-corrected chi connectivity index (χ3v) is 5.79. The molecule has 4 N–H and O–H groups in total. The van der Waals surface area contributed by atoms with Gasteiger partial charge in [0.2, 0.25) is 17.7 Å². The molecular weight excluding hydrogens is 454 g/mol. The van der Waals surface area contributed by atoms with Gasteiger partial charge in [0.05, 0.1) is 24.3 Å². The fourth-order valence-corrected chi connectivity index (χ4v) is 3.87. The maximum atomic E-state index is 12.5.